The van der Waals surface area contributed by atoms with Gasteiger partial charge in [-0.3, -0.25) is 9.62 Å². The van der Waals surface area contributed by atoms with Gasteiger partial charge in [-0.05, 0) is 74.4 Å². The van der Waals surface area contributed by atoms with Crippen LogP contribution in [-0.2, 0) is 16.8 Å². The molecule has 13 heteroatoms. The number of urea groups is 1. The third-order valence-corrected chi connectivity index (χ3v) is 8.69. The van der Waals surface area contributed by atoms with Gasteiger partial charge in [-0.25, -0.2) is 9.59 Å². The average Bonchev–Trinajstić information content (AvgIpc) is 3.60. The molecule has 1 aromatic heterocycles. The van der Waals surface area contributed by atoms with Gasteiger partial charge in [-0.15, -0.1) is 0 Å². The summed E-state index contributed by atoms with van der Waals surface area (Å²) in [6.07, 6.45) is 4.83. The molecular formula is C28H38F3N3O6S. The minimum atomic E-state index is -5.08. The number of carboxylic acids is 1. The Balaban J connectivity index is 0.000000587. The van der Waals surface area contributed by atoms with E-state index in [0.717, 1.165) is 69.7 Å². The summed E-state index contributed by atoms with van der Waals surface area (Å²) in [5.41, 5.74) is 2.58. The van der Waals surface area contributed by atoms with Crippen LogP contribution in [0.15, 0.2) is 41.2 Å². The van der Waals surface area contributed by atoms with Crippen molar-refractivity contribution in [3.8, 4) is 11.5 Å². The number of ether oxygens (including phenoxy) is 2. The van der Waals surface area contributed by atoms with Crippen molar-refractivity contribution in [1.82, 2.24) is 14.9 Å². The fourth-order valence-corrected chi connectivity index (χ4v) is 6.42. The van der Waals surface area contributed by atoms with Gasteiger partial charge in [0.25, 0.3) is 0 Å². The Morgan fingerprint density at radius 1 is 1.20 bits per heavy atom. The van der Waals surface area contributed by atoms with Gasteiger partial charge < -0.3 is 24.3 Å². The molecule has 3 N–H and O–H groups in total. The lowest BCUT2D eigenvalue weighted by Gasteiger charge is -2.45. The fourth-order valence-electron chi connectivity index (χ4n) is 5.56. The number of unbranched alkanes of at least 4 members (excludes halogenated alkanes) is 1. The smallest absolute Gasteiger partial charge is 0.490 e. The van der Waals surface area contributed by atoms with Crippen LogP contribution in [0.4, 0.5) is 18.0 Å². The van der Waals surface area contributed by atoms with E-state index < -0.39 is 12.1 Å². The zero-order valence-electron chi connectivity index (χ0n) is 23.5. The molecule has 4 rings (SSSR count). The number of likely N-dealkylation sites (tertiary alicyclic amines) is 1. The number of aliphatic carboxylic acids is 1. The first kappa shape index (κ1) is 32.5. The van der Waals surface area contributed by atoms with Crippen LogP contribution in [0.2, 0.25) is 0 Å². The molecule has 0 spiro atoms. The van der Waals surface area contributed by atoms with Crippen LogP contribution in [0.1, 0.15) is 56.6 Å². The highest BCUT2D eigenvalue weighted by atomic mass is 32.2. The van der Waals surface area contributed by atoms with E-state index in [1.165, 1.54) is 11.1 Å². The van der Waals surface area contributed by atoms with Gasteiger partial charge in [0.15, 0.2) is 11.5 Å². The number of carboxylic acid groups (broad SMARTS) is 1. The van der Waals surface area contributed by atoms with E-state index in [0.29, 0.717) is 11.3 Å². The highest BCUT2D eigenvalue weighted by Crippen LogP contribution is 2.52. The second-order valence-electron chi connectivity index (χ2n) is 10.1. The summed E-state index contributed by atoms with van der Waals surface area (Å²) >= 11 is 1.58. The Morgan fingerprint density at radius 2 is 1.93 bits per heavy atom. The van der Waals surface area contributed by atoms with Gasteiger partial charge in [0.1, 0.15) is 0 Å². The molecule has 1 saturated heterocycles. The molecular weight excluding hydrogens is 563 g/mol. The van der Waals surface area contributed by atoms with Crippen LogP contribution in [0.5, 0.6) is 11.5 Å². The lowest BCUT2D eigenvalue weighted by molar-refractivity contribution is -0.192. The van der Waals surface area contributed by atoms with Crippen molar-refractivity contribution in [2.24, 2.45) is 0 Å². The lowest BCUT2D eigenvalue weighted by atomic mass is 9.66. The maximum absolute atomic E-state index is 12.2. The maximum Gasteiger partial charge on any atom is 0.490 e. The van der Waals surface area contributed by atoms with Crippen LogP contribution in [0, 0.1) is 0 Å². The Morgan fingerprint density at radius 3 is 2.54 bits per heavy atom. The molecule has 2 fully saturated rings. The molecule has 0 radical (unpaired) electrons. The lowest BCUT2D eigenvalue weighted by Crippen LogP contribution is -2.48. The van der Waals surface area contributed by atoms with Crippen molar-refractivity contribution in [2.45, 2.75) is 74.9 Å². The summed E-state index contributed by atoms with van der Waals surface area (Å²) in [6, 6.07) is 8.74. The van der Waals surface area contributed by atoms with Gasteiger partial charge in [-0.1, -0.05) is 19.4 Å². The zero-order chi connectivity index (χ0) is 30.0. The minimum absolute atomic E-state index is 0.0593. The molecule has 2 amide bonds. The normalized spacial score (nSPS) is 22.2. The number of hydrogen-bond acceptors (Lipinski definition) is 7. The summed E-state index contributed by atoms with van der Waals surface area (Å²) in [6.45, 7) is 4.75. The van der Waals surface area contributed by atoms with E-state index >= 15 is 0 Å². The number of fused-ring (bicyclic) bond motifs is 1. The number of alkyl halides is 3. The molecule has 41 heavy (non-hydrogen) atoms. The topological polar surface area (TPSA) is 113 Å². The summed E-state index contributed by atoms with van der Waals surface area (Å²) in [5, 5.41) is 10.4. The number of nitrogens with one attached hydrogen (secondary N) is 2. The van der Waals surface area contributed by atoms with E-state index in [9.17, 15) is 18.0 Å². The Bertz CT molecular complexity index is 1130. The predicted molar refractivity (Wildman–Crippen MR) is 149 cm³/mol. The van der Waals surface area contributed by atoms with Gasteiger partial charge >= 0.3 is 18.2 Å². The maximum atomic E-state index is 12.2. The SMILES string of the molecule is CCCCNC(=O)NSC1CCC2(c3ccc(OC)c(OC)c3)CCN(Cc3ccoc3)C2C1.O=C(O)C(F)(F)F. The summed E-state index contributed by atoms with van der Waals surface area (Å²) < 4.78 is 51.2. The molecule has 3 atom stereocenters. The molecule has 2 heterocycles. The standard InChI is InChI=1S/C26H37N3O4S.C2HF3O2/c1-4-5-12-27-25(30)28-34-21-8-10-26(20-6-7-22(31-2)23(15-20)32-3)11-13-29(24(26)16-21)17-19-9-14-33-18-19;3-2(4,5)1(6)7/h6-7,9,14-15,18,21,24H,4-5,8,10-13,16-17H2,1-3H3,(H2,27,28,30);(H,6,7). The van der Waals surface area contributed by atoms with E-state index in [-0.39, 0.29) is 11.4 Å². The second kappa shape index (κ2) is 14.7. The number of rotatable bonds is 10. The number of carbonyl (C=O) groups is 2. The largest absolute Gasteiger partial charge is 0.493 e. The number of methoxy groups -OCH3 is 2. The number of halogens is 3. The molecule has 9 nitrogen and oxygen atoms in total. The molecule has 1 saturated carbocycles. The number of carbonyl (C=O) groups excluding carboxylic acids is 1. The van der Waals surface area contributed by atoms with Crippen molar-refractivity contribution < 1.29 is 41.8 Å². The molecule has 1 aromatic carbocycles. The monoisotopic (exact) mass is 601 g/mol. The molecule has 3 unspecified atom stereocenters. The van der Waals surface area contributed by atoms with Crippen molar-refractivity contribution in [2.75, 3.05) is 27.3 Å². The van der Waals surface area contributed by atoms with Crippen LogP contribution in [0.25, 0.3) is 0 Å². The number of nitrogens with zero attached hydrogens (tertiary/aromatic N) is 1. The molecule has 0 bridgehead atoms. The first-order valence-electron chi connectivity index (χ1n) is 13.5. The van der Waals surface area contributed by atoms with E-state index in [2.05, 4.69) is 34.0 Å². The zero-order valence-corrected chi connectivity index (χ0v) is 24.3. The predicted octanol–water partition coefficient (Wildman–Crippen LogP) is 5.74. The fraction of sp³-hybridized carbons (Fsp3) is 0.571. The third-order valence-electron chi connectivity index (χ3n) is 7.62. The summed E-state index contributed by atoms with van der Waals surface area (Å²) in [4.78, 5) is 23.7. The van der Waals surface area contributed by atoms with Crippen molar-refractivity contribution in [3.63, 3.8) is 0 Å². The van der Waals surface area contributed by atoms with Crippen molar-refractivity contribution in [1.29, 1.82) is 0 Å². The van der Waals surface area contributed by atoms with Crippen molar-refractivity contribution >= 4 is 23.9 Å². The molecule has 1 aliphatic heterocycles. The quantitative estimate of drug-likeness (QED) is 0.233. The number of benzene rings is 1. The summed E-state index contributed by atoms with van der Waals surface area (Å²) in [7, 11) is 3.37. The Kier molecular flexibility index (Phi) is 11.6. The number of furan rings is 1. The first-order chi connectivity index (χ1) is 19.5. The number of hydrogen-bond donors (Lipinski definition) is 3. The molecule has 2 aromatic rings. The number of amides is 2. The van der Waals surface area contributed by atoms with E-state index in [1.54, 1.807) is 32.4 Å². The van der Waals surface area contributed by atoms with Crippen LogP contribution >= 0.6 is 11.9 Å². The van der Waals surface area contributed by atoms with Crippen LogP contribution in [0.3, 0.4) is 0 Å². The summed E-state index contributed by atoms with van der Waals surface area (Å²) in [5.74, 6) is -1.22. The molecule has 1 aliphatic carbocycles. The van der Waals surface area contributed by atoms with Crippen LogP contribution in [-0.4, -0.2) is 66.8 Å². The van der Waals surface area contributed by atoms with E-state index in [1.807, 2.05) is 18.4 Å². The Labute approximate surface area is 242 Å². The van der Waals surface area contributed by atoms with E-state index in [4.69, 9.17) is 23.8 Å². The van der Waals surface area contributed by atoms with Gasteiger partial charge in [-0.2, -0.15) is 13.2 Å². The van der Waals surface area contributed by atoms with Gasteiger partial charge in [0.05, 0.1) is 26.7 Å². The van der Waals surface area contributed by atoms with Gasteiger partial charge in [0.2, 0.25) is 0 Å². The second-order valence-corrected chi connectivity index (χ2v) is 11.2. The van der Waals surface area contributed by atoms with Gasteiger partial charge in [0, 0.05) is 35.4 Å². The van der Waals surface area contributed by atoms with Crippen LogP contribution < -0.4 is 19.5 Å². The third kappa shape index (κ3) is 8.48. The molecule has 228 valence electrons. The Hall–Kier alpha value is -3.06. The minimum Gasteiger partial charge on any atom is -0.493 e. The highest BCUT2D eigenvalue weighted by molar-refractivity contribution is 7.98. The average molecular weight is 602 g/mol. The molecule has 2 aliphatic rings. The highest BCUT2D eigenvalue weighted by Gasteiger charge is 2.51. The first-order valence-corrected chi connectivity index (χ1v) is 14.4. The van der Waals surface area contributed by atoms with Crippen molar-refractivity contribution in [3.05, 3.63) is 47.9 Å².